The average Bonchev–Trinajstić information content (AvgIpc) is 2.74. The zero-order valence-corrected chi connectivity index (χ0v) is 12.6. The summed E-state index contributed by atoms with van der Waals surface area (Å²) in [5, 5.41) is 0.613. The minimum absolute atomic E-state index is 0.0550. The molecule has 4 heteroatoms. The summed E-state index contributed by atoms with van der Waals surface area (Å²) in [5.74, 6) is -0.151. The number of aryl methyl sites for hydroxylation is 1. The predicted molar refractivity (Wildman–Crippen MR) is 78.7 cm³/mol. The van der Waals surface area contributed by atoms with Crippen LogP contribution < -0.4 is 0 Å². The molecule has 1 aromatic carbocycles. The predicted octanol–water partition coefficient (Wildman–Crippen LogP) is 4.41. The fourth-order valence-electron chi connectivity index (χ4n) is 2.64. The van der Waals surface area contributed by atoms with Gasteiger partial charge in [-0.3, -0.25) is 4.79 Å². The molecule has 1 aliphatic rings. The number of ketones is 1. The molecule has 0 saturated carbocycles. The summed E-state index contributed by atoms with van der Waals surface area (Å²) in [5.41, 5.74) is 2.25. The second-order valence-electron chi connectivity index (χ2n) is 6.22. The molecule has 0 fully saturated rings. The Labute approximate surface area is 121 Å². The lowest BCUT2D eigenvalue weighted by Gasteiger charge is -2.26. The summed E-state index contributed by atoms with van der Waals surface area (Å²) in [6.07, 6.45) is 1.32. The normalized spacial score (nSPS) is 17.1. The van der Waals surface area contributed by atoms with Gasteiger partial charge in [-0.15, -0.1) is 11.3 Å². The summed E-state index contributed by atoms with van der Waals surface area (Å²) >= 11 is 1.32. The maximum atomic E-state index is 14.0. The molecule has 2 aromatic rings. The van der Waals surface area contributed by atoms with Crippen molar-refractivity contribution in [3.8, 4) is 10.6 Å². The zero-order valence-electron chi connectivity index (χ0n) is 11.8. The molecule has 2 nitrogen and oxygen atoms in total. The molecule has 0 unspecified atom stereocenters. The molecule has 0 radical (unpaired) electrons. The first-order valence-electron chi connectivity index (χ1n) is 6.65. The van der Waals surface area contributed by atoms with E-state index in [-0.39, 0.29) is 17.0 Å². The first kappa shape index (κ1) is 13.4. The first-order chi connectivity index (χ1) is 9.35. The summed E-state index contributed by atoms with van der Waals surface area (Å²) in [7, 11) is 0. The molecule has 1 aromatic heterocycles. The maximum Gasteiger partial charge on any atom is 0.175 e. The number of nitrogens with zero attached hydrogens (tertiary/aromatic N) is 1. The molecule has 0 bridgehead atoms. The highest BCUT2D eigenvalue weighted by atomic mass is 32.1. The smallest absolute Gasteiger partial charge is 0.175 e. The third-order valence-corrected chi connectivity index (χ3v) is 4.76. The number of Topliss-reactive ketones (excluding diaryl/α,β-unsaturated/α-hetero) is 1. The molecule has 0 saturated heterocycles. The highest BCUT2D eigenvalue weighted by molar-refractivity contribution is 7.17. The highest BCUT2D eigenvalue weighted by Gasteiger charge is 2.34. The van der Waals surface area contributed by atoms with Crippen LogP contribution >= 0.6 is 11.3 Å². The molecular formula is C16H16FNOS. The summed E-state index contributed by atoms with van der Waals surface area (Å²) in [4.78, 5) is 17.4. The van der Waals surface area contributed by atoms with E-state index in [0.29, 0.717) is 21.9 Å². The van der Waals surface area contributed by atoms with Crippen LogP contribution in [0.3, 0.4) is 0 Å². The second-order valence-corrected chi connectivity index (χ2v) is 7.22. The lowest BCUT2D eigenvalue weighted by molar-refractivity contribution is 0.0916. The van der Waals surface area contributed by atoms with Crippen LogP contribution in [0, 0.1) is 18.2 Å². The van der Waals surface area contributed by atoms with Crippen molar-refractivity contribution >= 4 is 17.1 Å². The van der Waals surface area contributed by atoms with Crippen molar-refractivity contribution in [2.45, 2.75) is 33.6 Å². The maximum absolute atomic E-state index is 14.0. The van der Waals surface area contributed by atoms with E-state index in [1.54, 1.807) is 12.1 Å². The Bertz CT molecular complexity index is 702. The molecule has 3 rings (SSSR count). The van der Waals surface area contributed by atoms with Gasteiger partial charge >= 0.3 is 0 Å². The van der Waals surface area contributed by atoms with Crippen LogP contribution in [-0.4, -0.2) is 10.8 Å². The number of hydrogen-bond donors (Lipinski definition) is 0. The fraction of sp³-hybridized carbons (Fsp3) is 0.375. The Hall–Kier alpha value is -1.55. The Morgan fingerprint density at radius 3 is 2.80 bits per heavy atom. The second kappa shape index (κ2) is 4.48. The molecule has 0 aliphatic heterocycles. The van der Waals surface area contributed by atoms with Crippen LogP contribution in [0.1, 0.15) is 41.2 Å². The number of rotatable bonds is 1. The van der Waals surface area contributed by atoms with E-state index >= 15 is 0 Å². The number of fused-ring (bicyclic) bond motifs is 1. The monoisotopic (exact) mass is 289 g/mol. The van der Waals surface area contributed by atoms with Gasteiger partial charge in [0.05, 0.1) is 10.6 Å². The molecular weight excluding hydrogens is 273 g/mol. The van der Waals surface area contributed by atoms with Crippen molar-refractivity contribution in [1.82, 2.24) is 4.98 Å². The number of thiazole rings is 1. The molecule has 1 heterocycles. The molecule has 0 spiro atoms. The van der Waals surface area contributed by atoms with E-state index < -0.39 is 0 Å². The van der Waals surface area contributed by atoms with Crippen LogP contribution in [0.5, 0.6) is 0 Å². The lowest BCUT2D eigenvalue weighted by Crippen LogP contribution is -2.25. The van der Waals surface area contributed by atoms with Crippen molar-refractivity contribution in [3.63, 3.8) is 0 Å². The highest BCUT2D eigenvalue weighted by Crippen LogP contribution is 2.40. The Kier molecular flexibility index (Phi) is 3.01. The summed E-state index contributed by atoms with van der Waals surface area (Å²) in [6.45, 7) is 6.06. The van der Waals surface area contributed by atoms with E-state index in [0.717, 1.165) is 17.7 Å². The van der Waals surface area contributed by atoms with Crippen LogP contribution in [0.15, 0.2) is 18.2 Å². The van der Waals surface area contributed by atoms with Gasteiger partial charge in [0.2, 0.25) is 0 Å². The van der Waals surface area contributed by atoms with Gasteiger partial charge in [0, 0.05) is 12.0 Å². The molecule has 0 N–H and O–H groups in total. The minimum atomic E-state index is -0.284. The Morgan fingerprint density at radius 1 is 1.30 bits per heavy atom. The van der Waals surface area contributed by atoms with E-state index in [4.69, 9.17) is 0 Å². The molecule has 0 atom stereocenters. The topological polar surface area (TPSA) is 30.0 Å². The Balaban J connectivity index is 2.10. The van der Waals surface area contributed by atoms with E-state index in [2.05, 4.69) is 18.8 Å². The van der Waals surface area contributed by atoms with Gasteiger partial charge < -0.3 is 0 Å². The zero-order chi connectivity index (χ0) is 14.5. The number of aromatic nitrogens is 1. The number of benzene rings is 1. The molecule has 104 valence electrons. The van der Waals surface area contributed by atoms with Gasteiger partial charge in [0.1, 0.15) is 10.8 Å². The average molecular weight is 289 g/mol. The minimum Gasteiger partial charge on any atom is -0.293 e. The third-order valence-electron chi connectivity index (χ3n) is 3.59. The van der Waals surface area contributed by atoms with E-state index in [9.17, 15) is 9.18 Å². The van der Waals surface area contributed by atoms with Crippen molar-refractivity contribution in [2.24, 2.45) is 5.41 Å². The number of carbonyl (C=O) groups excluding carboxylic acids is 1. The van der Waals surface area contributed by atoms with Gasteiger partial charge in [-0.1, -0.05) is 25.5 Å². The van der Waals surface area contributed by atoms with Gasteiger partial charge in [-0.05, 0) is 30.9 Å². The van der Waals surface area contributed by atoms with Gasteiger partial charge in [-0.2, -0.15) is 0 Å². The standard InChI is InChI=1S/C16H16FNOS/c1-9-4-5-11(17)10(6-9)15-18-12-7-16(2,3)8-13(19)14(12)20-15/h4-6H,7-8H2,1-3H3. The van der Waals surface area contributed by atoms with Crippen LogP contribution in [0.4, 0.5) is 4.39 Å². The van der Waals surface area contributed by atoms with Crippen molar-refractivity contribution < 1.29 is 9.18 Å². The van der Waals surface area contributed by atoms with Gasteiger partial charge in [0.25, 0.3) is 0 Å². The van der Waals surface area contributed by atoms with Crippen LogP contribution in [-0.2, 0) is 6.42 Å². The number of hydrogen-bond acceptors (Lipinski definition) is 3. The molecule has 20 heavy (non-hydrogen) atoms. The van der Waals surface area contributed by atoms with E-state index in [1.807, 2.05) is 6.92 Å². The van der Waals surface area contributed by atoms with E-state index in [1.165, 1.54) is 17.4 Å². The number of carbonyl (C=O) groups is 1. The summed E-state index contributed by atoms with van der Waals surface area (Å²) < 4.78 is 14.0. The summed E-state index contributed by atoms with van der Waals surface area (Å²) in [6, 6.07) is 4.98. The molecule has 0 amide bonds. The lowest BCUT2D eigenvalue weighted by atomic mass is 9.78. The van der Waals surface area contributed by atoms with Gasteiger partial charge in [-0.25, -0.2) is 9.37 Å². The first-order valence-corrected chi connectivity index (χ1v) is 7.47. The molecule has 1 aliphatic carbocycles. The number of halogens is 1. The largest absolute Gasteiger partial charge is 0.293 e. The van der Waals surface area contributed by atoms with Crippen molar-refractivity contribution in [1.29, 1.82) is 0 Å². The SMILES string of the molecule is Cc1ccc(F)c(-c2nc3c(s2)C(=O)CC(C)(C)C3)c1. The van der Waals surface area contributed by atoms with Gasteiger partial charge in [0.15, 0.2) is 5.78 Å². The fourth-order valence-corrected chi connectivity index (χ4v) is 3.68. The third kappa shape index (κ3) is 2.29. The quantitative estimate of drug-likeness (QED) is 0.778. The van der Waals surface area contributed by atoms with Crippen LogP contribution in [0.2, 0.25) is 0 Å². The Morgan fingerprint density at radius 2 is 2.05 bits per heavy atom. The van der Waals surface area contributed by atoms with Crippen LogP contribution in [0.25, 0.3) is 10.6 Å². The van der Waals surface area contributed by atoms with Crippen molar-refractivity contribution in [3.05, 3.63) is 40.2 Å². The van der Waals surface area contributed by atoms with Crippen molar-refractivity contribution in [2.75, 3.05) is 0 Å².